The summed E-state index contributed by atoms with van der Waals surface area (Å²) in [5.41, 5.74) is 1.19. The van der Waals surface area contributed by atoms with E-state index in [1.807, 2.05) is 25.1 Å². The van der Waals surface area contributed by atoms with Crippen molar-refractivity contribution in [2.24, 2.45) is 0 Å². The molecular weight excluding hydrogens is 381 g/mol. The highest BCUT2D eigenvalue weighted by molar-refractivity contribution is 7.87. The smallest absolute Gasteiger partial charge is 0.279 e. The first-order valence-electron chi connectivity index (χ1n) is 10.0. The first kappa shape index (κ1) is 21.6. The summed E-state index contributed by atoms with van der Waals surface area (Å²) in [4.78, 5) is 0. The van der Waals surface area contributed by atoms with Gasteiger partial charge in [0.15, 0.2) is 0 Å². The molecule has 1 saturated heterocycles. The fourth-order valence-electron chi connectivity index (χ4n) is 4.22. The fraction of sp³-hybridized carbons (Fsp3) is 0.700. The van der Waals surface area contributed by atoms with E-state index in [1.54, 1.807) is 0 Å². The first-order chi connectivity index (χ1) is 13.3. The molecule has 3 rings (SSSR count). The van der Waals surface area contributed by atoms with Crippen LogP contribution in [0.5, 0.6) is 0 Å². The molecule has 0 aromatic heterocycles. The summed E-state index contributed by atoms with van der Waals surface area (Å²) in [5, 5.41) is 3.36. The van der Waals surface area contributed by atoms with Crippen molar-refractivity contribution in [3.05, 3.63) is 35.9 Å². The van der Waals surface area contributed by atoms with Gasteiger partial charge in [0.1, 0.15) is 6.17 Å². The Morgan fingerprint density at radius 2 is 1.93 bits per heavy atom. The number of alkyl halides is 1. The van der Waals surface area contributed by atoms with Crippen molar-refractivity contribution in [2.45, 2.75) is 68.9 Å². The van der Waals surface area contributed by atoms with Gasteiger partial charge in [-0.05, 0) is 44.1 Å². The Kier molecular flexibility index (Phi) is 7.09. The van der Waals surface area contributed by atoms with E-state index in [9.17, 15) is 12.8 Å². The zero-order valence-corrected chi connectivity index (χ0v) is 17.7. The third-order valence-electron chi connectivity index (χ3n) is 5.85. The predicted octanol–water partition coefficient (Wildman–Crippen LogP) is 2.19. The van der Waals surface area contributed by atoms with Crippen molar-refractivity contribution >= 4 is 10.2 Å². The molecule has 2 fully saturated rings. The van der Waals surface area contributed by atoms with Crippen molar-refractivity contribution in [3.8, 4) is 0 Å². The van der Waals surface area contributed by atoms with Crippen LogP contribution < -0.4 is 10.0 Å². The van der Waals surface area contributed by atoms with Gasteiger partial charge in [-0.2, -0.15) is 17.4 Å². The highest BCUT2D eigenvalue weighted by Crippen LogP contribution is 2.35. The van der Waals surface area contributed by atoms with Crippen LogP contribution in [0, 0.1) is 0 Å². The monoisotopic (exact) mass is 413 g/mol. The second-order valence-corrected chi connectivity index (χ2v) is 10.1. The Bertz CT molecular complexity index is 731. The van der Waals surface area contributed by atoms with Crippen LogP contribution in [0.15, 0.2) is 30.3 Å². The van der Waals surface area contributed by atoms with Crippen LogP contribution in [0.3, 0.4) is 0 Å². The summed E-state index contributed by atoms with van der Waals surface area (Å²) in [7, 11) is -0.519. The summed E-state index contributed by atoms with van der Waals surface area (Å²) < 4.78 is 48.9. The molecule has 158 valence electrons. The van der Waals surface area contributed by atoms with Crippen molar-refractivity contribution in [3.63, 3.8) is 0 Å². The number of nitrogens with zero attached hydrogens (tertiary/aromatic N) is 1. The molecule has 1 aliphatic carbocycles. The summed E-state index contributed by atoms with van der Waals surface area (Å²) >= 11 is 0. The highest BCUT2D eigenvalue weighted by Gasteiger charge is 2.37. The Morgan fingerprint density at radius 1 is 1.21 bits per heavy atom. The lowest BCUT2D eigenvalue weighted by molar-refractivity contribution is -0.0367. The SMILES string of the molecule is C[C@H]1C[C@H](NS(=O)(=O)N(C)C)[C@H](CO[C@@H]2CC[C@H](c3ccccc3)CC2F)N1. The zero-order chi connectivity index (χ0) is 20.3. The molecule has 0 amide bonds. The van der Waals surface area contributed by atoms with Gasteiger partial charge in [0.05, 0.1) is 12.7 Å². The van der Waals surface area contributed by atoms with Gasteiger partial charge < -0.3 is 10.1 Å². The number of nitrogens with one attached hydrogen (secondary N) is 2. The van der Waals surface area contributed by atoms with Crippen molar-refractivity contribution in [1.29, 1.82) is 0 Å². The minimum absolute atomic E-state index is 0.163. The van der Waals surface area contributed by atoms with Crippen LogP contribution in [-0.4, -0.2) is 63.8 Å². The normalized spacial score (nSPS) is 34.0. The number of rotatable bonds is 7. The molecule has 1 aromatic carbocycles. The Labute approximate surface area is 168 Å². The quantitative estimate of drug-likeness (QED) is 0.719. The van der Waals surface area contributed by atoms with Crippen LogP contribution in [-0.2, 0) is 14.9 Å². The van der Waals surface area contributed by atoms with E-state index in [0.29, 0.717) is 25.9 Å². The van der Waals surface area contributed by atoms with E-state index in [2.05, 4.69) is 22.2 Å². The lowest BCUT2D eigenvalue weighted by Crippen LogP contribution is -2.50. The van der Waals surface area contributed by atoms with E-state index in [4.69, 9.17) is 4.74 Å². The number of hydrogen-bond acceptors (Lipinski definition) is 4. The molecule has 2 aliphatic rings. The summed E-state index contributed by atoms with van der Waals surface area (Å²) in [5.74, 6) is 0.236. The Morgan fingerprint density at radius 3 is 2.57 bits per heavy atom. The molecule has 0 radical (unpaired) electrons. The molecule has 6 nitrogen and oxygen atoms in total. The van der Waals surface area contributed by atoms with Crippen molar-refractivity contribution in [2.75, 3.05) is 20.7 Å². The van der Waals surface area contributed by atoms with E-state index in [1.165, 1.54) is 19.7 Å². The molecule has 0 spiro atoms. The molecule has 1 saturated carbocycles. The van der Waals surface area contributed by atoms with Gasteiger partial charge in [-0.25, -0.2) is 4.39 Å². The number of hydrogen-bond donors (Lipinski definition) is 2. The van der Waals surface area contributed by atoms with E-state index >= 15 is 0 Å². The van der Waals surface area contributed by atoms with Gasteiger partial charge >= 0.3 is 0 Å². The van der Waals surface area contributed by atoms with Crippen LogP contribution >= 0.6 is 0 Å². The average molecular weight is 414 g/mol. The van der Waals surface area contributed by atoms with Crippen LogP contribution in [0.4, 0.5) is 4.39 Å². The lowest BCUT2D eigenvalue weighted by Gasteiger charge is -2.33. The molecular formula is C20H32FN3O3S. The Hall–Kier alpha value is -1.06. The van der Waals surface area contributed by atoms with Gasteiger partial charge in [0.25, 0.3) is 10.2 Å². The van der Waals surface area contributed by atoms with Gasteiger partial charge in [-0.15, -0.1) is 0 Å². The molecule has 28 heavy (non-hydrogen) atoms. The maximum Gasteiger partial charge on any atom is 0.279 e. The molecule has 1 aromatic rings. The first-order valence-corrected chi connectivity index (χ1v) is 11.5. The van der Waals surface area contributed by atoms with Gasteiger partial charge in [-0.1, -0.05) is 30.3 Å². The van der Waals surface area contributed by atoms with Crippen LogP contribution in [0.25, 0.3) is 0 Å². The molecule has 2 N–H and O–H groups in total. The minimum Gasteiger partial charge on any atom is -0.374 e. The van der Waals surface area contributed by atoms with Crippen molar-refractivity contribution < 1.29 is 17.5 Å². The molecule has 8 heteroatoms. The zero-order valence-electron chi connectivity index (χ0n) is 16.8. The fourth-order valence-corrected chi connectivity index (χ4v) is 5.07. The number of benzene rings is 1. The second-order valence-electron chi connectivity index (χ2n) is 8.23. The molecule has 1 unspecified atom stereocenters. The molecule has 0 bridgehead atoms. The average Bonchev–Trinajstić information content (AvgIpc) is 2.99. The summed E-state index contributed by atoms with van der Waals surface area (Å²) in [6.45, 7) is 2.31. The van der Waals surface area contributed by atoms with E-state index in [0.717, 1.165) is 10.7 Å². The third kappa shape index (κ3) is 5.30. The van der Waals surface area contributed by atoms with Crippen molar-refractivity contribution in [1.82, 2.24) is 14.3 Å². The maximum atomic E-state index is 14.7. The van der Waals surface area contributed by atoms with Gasteiger partial charge in [0.2, 0.25) is 0 Å². The van der Waals surface area contributed by atoms with E-state index in [-0.39, 0.29) is 24.0 Å². The predicted molar refractivity (Wildman–Crippen MR) is 108 cm³/mol. The molecule has 6 atom stereocenters. The summed E-state index contributed by atoms with van der Waals surface area (Å²) in [6, 6.07) is 9.83. The van der Waals surface area contributed by atoms with Crippen LogP contribution in [0.1, 0.15) is 44.1 Å². The molecule has 1 aliphatic heterocycles. The second kappa shape index (κ2) is 9.17. The molecule has 1 heterocycles. The Balaban J connectivity index is 1.53. The minimum atomic E-state index is -3.52. The summed E-state index contributed by atoms with van der Waals surface area (Å²) in [6.07, 6.45) is 1.30. The van der Waals surface area contributed by atoms with Gasteiger partial charge in [0, 0.05) is 32.2 Å². The van der Waals surface area contributed by atoms with Crippen LogP contribution in [0.2, 0.25) is 0 Å². The topological polar surface area (TPSA) is 70.7 Å². The largest absolute Gasteiger partial charge is 0.374 e. The number of ether oxygens (including phenoxy) is 1. The number of halogens is 1. The third-order valence-corrected chi connectivity index (χ3v) is 7.41. The lowest BCUT2D eigenvalue weighted by atomic mass is 9.81. The standard InChI is InChI=1S/C20H32FN3O3S/c1-14-11-18(23-28(25,26)24(2)3)19(22-14)13-27-20-10-9-16(12-17(20)21)15-7-5-4-6-8-15/h4-8,14,16-20,22-23H,9-13H2,1-3H3/t14-,16-,17?,18-,19-,20+/m0/s1. The van der Waals surface area contributed by atoms with Gasteiger partial charge in [-0.3, -0.25) is 0 Å². The highest BCUT2D eigenvalue weighted by atomic mass is 32.2. The van der Waals surface area contributed by atoms with E-state index < -0.39 is 22.5 Å². The maximum absolute atomic E-state index is 14.7.